The highest BCUT2D eigenvalue weighted by Crippen LogP contribution is 2.22. The minimum absolute atomic E-state index is 0.121. The zero-order valence-electron chi connectivity index (χ0n) is 13.3. The van der Waals surface area contributed by atoms with Crippen molar-refractivity contribution >= 4 is 22.8 Å². The van der Waals surface area contributed by atoms with Crippen molar-refractivity contribution in [1.82, 2.24) is 19.9 Å². The fourth-order valence-corrected chi connectivity index (χ4v) is 3.14. The molecule has 3 N–H and O–H groups in total. The predicted octanol–water partition coefficient (Wildman–Crippen LogP) is 1.93. The first-order valence-electron chi connectivity index (χ1n) is 8.21. The molecular formula is C17H20N6O. The number of para-hydroxylation sites is 2. The quantitative estimate of drug-likeness (QED) is 0.664. The number of nitrogens with one attached hydrogen (secondary N) is 2. The smallest absolute Gasteiger partial charge is 0.227 e. The molecule has 1 fully saturated rings. The molecule has 0 spiro atoms. The van der Waals surface area contributed by atoms with E-state index in [1.807, 2.05) is 30.3 Å². The molecule has 0 saturated carbocycles. The van der Waals surface area contributed by atoms with Crippen molar-refractivity contribution in [3.8, 4) is 0 Å². The molecule has 1 aliphatic rings. The summed E-state index contributed by atoms with van der Waals surface area (Å²) < 4.78 is 0. The highest BCUT2D eigenvalue weighted by atomic mass is 16.3. The molecule has 0 aliphatic carbocycles. The minimum Gasteiger partial charge on any atom is -0.394 e. The summed E-state index contributed by atoms with van der Waals surface area (Å²) >= 11 is 0. The Morgan fingerprint density at radius 2 is 2.17 bits per heavy atom. The standard InChI is InChI=1S/C17H20N6O/c24-11-12-4-3-9-23(12)17-18-8-7-15(22-17)19-10-16-20-13-5-1-2-6-14(13)21-16/h1-2,5-8,12,24H,3-4,9-11H2,(H,20,21)(H,18,19,22). The summed E-state index contributed by atoms with van der Waals surface area (Å²) in [4.78, 5) is 18.8. The molecular weight excluding hydrogens is 304 g/mol. The van der Waals surface area contributed by atoms with Crippen LogP contribution in [0.2, 0.25) is 0 Å². The maximum atomic E-state index is 9.46. The van der Waals surface area contributed by atoms with Crippen molar-refractivity contribution < 1.29 is 5.11 Å². The number of rotatable bonds is 5. The summed E-state index contributed by atoms with van der Waals surface area (Å²) in [5.41, 5.74) is 1.99. The molecule has 24 heavy (non-hydrogen) atoms. The van der Waals surface area contributed by atoms with Gasteiger partial charge in [0.15, 0.2) is 0 Å². The van der Waals surface area contributed by atoms with E-state index < -0.39 is 0 Å². The summed E-state index contributed by atoms with van der Waals surface area (Å²) in [7, 11) is 0. The first kappa shape index (κ1) is 14.9. The third-order valence-electron chi connectivity index (χ3n) is 4.36. The predicted molar refractivity (Wildman–Crippen MR) is 92.9 cm³/mol. The van der Waals surface area contributed by atoms with E-state index in [-0.39, 0.29) is 12.6 Å². The fraction of sp³-hybridized carbons (Fsp3) is 0.353. The van der Waals surface area contributed by atoms with Crippen LogP contribution in [-0.2, 0) is 6.54 Å². The van der Waals surface area contributed by atoms with Gasteiger partial charge in [-0.2, -0.15) is 4.98 Å². The van der Waals surface area contributed by atoms with Gasteiger partial charge < -0.3 is 20.3 Å². The number of aromatic nitrogens is 4. The Labute approximate surface area is 139 Å². The summed E-state index contributed by atoms with van der Waals surface area (Å²) in [5.74, 6) is 2.29. The highest BCUT2D eigenvalue weighted by molar-refractivity contribution is 5.74. The van der Waals surface area contributed by atoms with E-state index in [0.29, 0.717) is 12.5 Å². The van der Waals surface area contributed by atoms with Gasteiger partial charge in [-0.3, -0.25) is 0 Å². The molecule has 7 nitrogen and oxygen atoms in total. The zero-order valence-corrected chi connectivity index (χ0v) is 13.3. The number of aromatic amines is 1. The first-order chi connectivity index (χ1) is 11.8. The molecule has 7 heteroatoms. The molecule has 4 rings (SSSR count). The van der Waals surface area contributed by atoms with E-state index >= 15 is 0 Å². The zero-order chi connectivity index (χ0) is 16.4. The molecule has 1 aromatic carbocycles. The first-order valence-corrected chi connectivity index (χ1v) is 8.21. The van der Waals surface area contributed by atoms with Gasteiger partial charge >= 0.3 is 0 Å². The van der Waals surface area contributed by atoms with Gasteiger partial charge in [0.2, 0.25) is 5.95 Å². The van der Waals surface area contributed by atoms with Crippen molar-refractivity contribution in [1.29, 1.82) is 0 Å². The molecule has 1 saturated heterocycles. The molecule has 1 unspecified atom stereocenters. The van der Waals surface area contributed by atoms with E-state index in [1.54, 1.807) is 6.20 Å². The number of aliphatic hydroxyl groups is 1. The molecule has 0 bridgehead atoms. The molecule has 1 atom stereocenters. The number of aliphatic hydroxyl groups excluding tert-OH is 1. The number of fused-ring (bicyclic) bond motifs is 1. The van der Waals surface area contributed by atoms with Crippen LogP contribution in [0.4, 0.5) is 11.8 Å². The molecule has 124 valence electrons. The van der Waals surface area contributed by atoms with Gasteiger partial charge in [-0.05, 0) is 31.0 Å². The van der Waals surface area contributed by atoms with Gasteiger partial charge in [0.1, 0.15) is 11.6 Å². The third kappa shape index (κ3) is 2.90. The maximum Gasteiger partial charge on any atom is 0.227 e. The molecule has 2 aromatic heterocycles. The maximum absolute atomic E-state index is 9.46. The number of H-pyrrole nitrogens is 1. The van der Waals surface area contributed by atoms with Gasteiger partial charge in [-0.15, -0.1) is 0 Å². The van der Waals surface area contributed by atoms with Crippen LogP contribution in [0.5, 0.6) is 0 Å². The second-order valence-corrected chi connectivity index (χ2v) is 5.97. The van der Waals surface area contributed by atoms with Crippen LogP contribution in [0.3, 0.4) is 0 Å². The molecule has 0 radical (unpaired) electrons. The lowest BCUT2D eigenvalue weighted by Gasteiger charge is -2.23. The fourth-order valence-electron chi connectivity index (χ4n) is 3.14. The molecule has 1 aliphatic heterocycles. The van der Waals surface area contributed by atoms with Gasteiger partial charge in [0.25, 0.3) is 0 Å². The van der Waals surface area contributed by atoms with Crippen LogP contribution in [-0.4, -0.2) is 44.2 Å². The summed E-state index contributed by atoms with van der Waals surface area (Å²) in [6, 6.07) is 9.93. The Balaban J connectivity index is 1.47. The van der Waals surface area contributed by atoms with Crippen LogP contribution >= 0.6 is 0 Å². The van der Waals surface area contributed by atoms with Crippen LogP contribution in [0.15, 0.2) is 36.5 Å². The van der Waals surface area contributed by atoms with E-state index in [0.717, 1.165) is 42.1 Å². The Hall–Kier alpha value is -2.67. The van der Waals surface area contributed by atoms with Crippen molar-refractivity contribution in [3.63, 3.8) is 0 Å². The van der Waals surface area contributed by atoms with E-state index in [9.17, 15) is 5.11 Å². The molecule has 3 heterocycles. The summed E-state index contributed by atoms with van der Waals surface area (Å²) in [5, 5.41) is 12.7. The minimum atomic E-state index is 0.121. The lowest BCUT2D eigenvalue weighted by atomic mass is 10.2. The highest BCUT2D eigenvalue weighted by Gasteiger charge is 2.25. The number of anilines is 2. The van der Waals surface area contributed by atoms with Crippen LogP contribution in [0, 0.1) is 0 Å². The lowest BCUT2D eigenvalue weighted by Crippen LogP contribution is -2.33. The van der Waals surface area contributed by atoms with Crippen LogP contribution < -0.4 is 10.2 Å². The molecule has 0 amide bonds. The van der Waals surface area contributed by atoms with Gasteiger partial charge in [-0.1, -0.05) is 12.1 Å². The monoisotopic (exact) mass is 324 g/mol. The van der Waals surface area contributed by atoms with Gasteiger partial charge in [0, 0.05) is 12.7 Å². The summed E-state index contributed by atoms with van der Waals surface area (Å²) in [6.07, 6.45) is 3.79. The Morgan fingerprint density at radius 1 is 1.25 bits per heavy atom. The number of hydrogen-bond acceptors (Lipinski definition) is 6. The van der Waals surface area contributed by atoms with Crippen molar-refractivity contribution in [3.05, 3.63) is 42.4 Å². The SMILES string of the molecule is OCC1CCCN1c1nccc(NCc2nc3ccccc3[nH]2)n1. The average Bonchev–Trinajstić information content (AvgIpc) is 3.26. The van der Waals surface area contributed by atoms with Gasteiger partial charge in [-0.25, -0.2) is 9.97 Å². The second kappa shape index (κ2) is 6.45. The number of nitrogens with zero attached hydrogens (tertiary/aromatic N) is 4. The lowest BCUT2D eigenvalue weighted by molar-refractivity contribution is 0.265. The number of imidazole rings is 1. The van der Waals surface area contributed by atoms with Crippen molar-refractivity contribution in [2.75, 3.05) is 23.4 Å². The Kier molecular flexibility index (Phi) is 4.00. The second-order valence-electron chi connectivity index (χ2n) is 5.97. The van der Waals surface area contributed by atoms with Crippen molar-refractivity contribution in [2.45, 2.75) is 25.4 Å². The molecule has 3 aromatic rings. The number of benzene rings is 1. The van der Waals surface area contributed by atoms with E-state index in [1.165, 1.54) is 0 Å². The Bertz CT molecular complexity index is 800. The number of hydrogen-bond donors (Lipinski definition) is 3. The third-order valence-corrected chi connectivity index (χ3v) is 4.36. The average molecular weight is 324 g/mol. The van der Waals surface area contributed by atoms with Crippen LogP contribution in [0.25, 0.3) is 11.0 Å². The largest absolute Gasteiger partial charge is 0.394 e. The van der Waals surface area contributed by atoms with E-state index in [4.69, 9.17) is 0 Å². The summed E-state index contributed by atoms with van der Waals surface area (Å²) in [6.45, 7) is 1.59. The Morgan fingerprint density at radius 3 is 3.04 bits per heavy atom. The van der Waals surface area contributed by atoms with Crippen molar-refractivity contribution in [2.24, 2.45) is 0 Å². The van der Waals surface area contributed by atoms with E-state index in [2.05, 4.69) is 30.2 Å². The topological polar surface area (TPSA) is 90.0 Å². The van der Waals surface area contributed by atoms with Crippen LogP contribution in [0.1, 0.15) is 18.7 Å². The normalized spacial score (nSPS) is 17.5. The van der Waals surface area contributed by atoms with Gasteiger partial charge in [0.05, 0.1) is 30.2 Å².